The number of benzene rings is 1. The Kier molecular flexibility index (Phi) is 3.10. The maximum Gasteiger partial charge on any atom is 0.222 e. The first-order valence-corrected chi connectivity index (χ1v) is 9.12. The molecule has 0 aliphatic rings. The number of hydrogen-bond acceptors (Lipinski definition) is 2. The molecule has 0 amide bonds. The van der Waals surface area contributed by atoms with Crippen molar-refractivity contribution in [2.45, 2.75) is 20.8 Å². The van der Waals surface area contributed by atoms with Crippen molar-refractivity contribution >= 4 is 42.2 Å². The first-order valence-electron chi connectivity index (χ1n) is 7.43. The molecule has 3 heteroatoms. The highest BCUT2D eigenvalue weighted by molar-refractivity contribution is 7.32. The van der Waals surface area contributed by atoms with Gasteiger partial charge in [0.1, 0.15) is 7.05 Å². The maximum atomic E-state index is 2.33. The molecule has 110 valence electrons. The Morgan fingerprint density at radius 3 is 2.64 bits per heavy atom. The van der Waals surface area contributed by atoms with Crippen LogP contribution in [0.4, 0.5) is 0 Å². The number of aromatic nitrogens is 1. The first kappa shape index (κ1) is 13.9. The molecule has 1 aromatic carbocycles. The van der Waals surface area contributed by atoms with Crippen LogP contribution in [-0.2, 0) is 7.05 Å². The fourth-order valence-electron chi connectivity index (χ4n) is 3.22. The molecule has 3 aromatic heterocycles. The molecule has 0 aliphatic carbocycles. The quantitative estimate of drug-likeness (QED) is 0.405. The topological polar surface area (TPSA) is 3.88 Å². The zero-order valence-corrected chi connectivity index (χ0v) is 14.9. The summed E-state index contributed by atoms with van der Waals surface area (Å²) in [4.78, 5) is 0. The van der Waals surface area contributed by atoms with Crippen LogP contribution in [0.5, 0.6) is 0 Å². The fourth-order valence-corrected chi connectivity index (χ4v) is 5.49. The smallest absolute Gasteiger partial charge is 0.200 e. The van der Waals surface area contributed by atoms with Crippen LogP contribution in [0.2, 0.25) is 0 Å². The minimum atomic E-state index is 1.33. The van der Waals surface area contributed by atoms with Crippen LogP contribution in [-0.4, -0.2) is 0 Å². The van der Waals surface area contributed by atoms with Gasteiger partial charge in [-0.05, 0) is 49.4 Å². The molecule has 0 saturated heterocycles. The summed E-state index contributed by atoms with van der Waals surface area (Å²) in [6.45, 7) is 6.63. The second kappa shape index (κ2) is 4.90. The molecule has 0 N–H and O–H groups in total. The van der Waals surface area contributed by atoms with Gasteiger partial charge in [-0.25, -0.2) is 4.57 Å². The van der Waals surface area contributed by atoms with Crippen LogP contribution >= 0.6 is 22.7 Å². The lowest BCUT2D eigenvalue weighted by atomic mass is 9.96. The zero-order valence-electron chi connectivity index (χ0n) is 13.2. The SMILES string of the molecule is Cc1cc(C)c(C)c(-c2c3c(cc[n+]2C)sc2ccsc23)c1. The van der Waals surface area contributed by atoms with E-state index < -0.39 is 0 Å². The third kappa shape index (κ3) is 1.93. The van der Waals surface area contributed by atoms with Gasteiger partial charge in [-0.2, -0.15) is 0 Å². The Hall–Kier alpha value is -1.71. The Balaban J connectivity index is 2.20. The van der Waals surface area contributed by atoms with E-state index in [1.807, 2.05) is 22.7 Å². The van der Waals surface area contributed by atoms with Gasteiger partial charge < -0.3 is 0 Å². The molecule has 1 nitrogen and oxygen atoms in total. The lowest BCUT2D eigenvalue weighted by Gasteiger charge is -2.10. The van der Waals surface area contributed by atoms with Crippen molar-refractivity contribution in [2.75, 3.05) is 0 Å². The lowest BCUT2D eigenvalue weighted by molar-refractivity contribution is -0.659. The number of thiophene rings is 2. The van der Waals surface area contributed by atoms with E-state index in [9.17, 15) is 0 Å². The van der Waals surface area contributed by atoms with Crippen LogP contribution in [0.15, 0.2) is 35.8 Å². The minimum Gasteiger partial charge on any atom is -0.200 e. The van der Waals surface area contributed by atoms with Crippen molar-refractivity contribution in [1.82, 2.24) is 0 Å². The van der Waals surface area contributed by atoms with Crippen LogP contribution in [0.3, 0.4) is 0 Å². The van der Waals surface area contributed by atoms with Crippen molar-refractivity contribution < 1.29 is 4.57 Å². The van der Waals surface area contributed by atoms with Crippen LogP contribution in [0.1, 0.15) is 16.7 Å². The number of aryl methyl sites for hydroxylation is 3. The average molecular weight is 324 g/mol. The largest absolute Gasteiger partial charge is 0.222 e. The van der Waals surface area contributed by atoms with Crippen molar-refractivity contribution in [3.63, 3.8) is 0 Å². The molecule has 0 bridgehead atoms. The van der Waals surface area contributed by atoms with Gasteiger partial charge in [-0.15, -0.1) is 22.7 Å². The summed E-state index contributed by atoms with van der Waals surface area (Å²) in [5.41, 5.74) is 6.77. The molecule has 4 aromatic rings. The third-order valence-electron chi connectivity index (χ3n) is 4.43. The Bertz CT molecular complexity index is 1020. The van der Waals surface area contributed by atoms with Crippen LogP contribution in [0, 0.1) is 20.8 Å². The maximum absolute atomic E-state index is 2.33. The normalized spacial score (nSPS) is 11.6. The summed E-state index contributed by atoms with van der Waals surface area (Å²) in [5.74, 6) is 0. The van der Waals surface area contributed by atoms with Crippen LogP contribution in [0.25, 0.3) is 30.7 Å². The summed E-state index contributed by atoms with van der Waals surface area (Å²) in [7, 11) is 2.16. The fraction of sp³-hybridized carbons (Fsp3) is 0.211. The molecular formula is C19H18NS2+. The molecule has 0 atom stereocenters. The molecule has 0 saturated carbocycles. The highest BCUT2D eigenvalue weighted by atomic mass is 32.1. The predicted molar refractivity (Wildman–Crippen MR) is 98.0 cm³/mol. The summed E-state index contributed by atoms with van der Waals surface area (Å²) in [6.07, 6.45) is 2.19. The minimum absolute atomic E-state index is 1.33. The van der Waals surface area contributed by atoms with Gasteiger partial charge in [0.15, 0.2) is 6.20 Å². The van der Waals surface area contributed by atoms with E-state index in [0.717, 1.165) is 0 Å². The van der Waals surface area contributed by atoms with Crippen molar-refractivity contribution in [3.8, 4) is 11.3 Å². The van der Waals surface area contributed by atoms with Crippen molar-refractivity contribution in [2.24, 2.45) is 7.05 Å². The summed E-state index contributed by atoms with van der Waals surface area (Å²) in [5, 5.41) is 3.61. The first-order chi connectivity index (χ1) is 10.6. The zero-order chi connectivity index (χ0) is 15.4. The van der Waals surface area contributed by atoms with Gasteiger partial charge >= 0.3 is 0 Å². The van der Waals surface area contributed by atoms with E-state index in [1.165, 1.54) is 47.4 Å². The Morgan fingerprint density at radius 2 is 1.82 bits per heavy atom. The molecule has 0 spiro atoms. The third-order valence-corrected chi connectivity index (χ3v) is 6.61. The van der Waals surface area contributed by atoms with Crippen molar-refractivity contribution in [1.29, 1.82) is 0 Å². The van der Waals surface area contributed by atoms with Gasteiger partial charge in [0.25, 0.3) is 0 Å². The van der Waals surface area contributed by atoms with Gasteiger partial charge in [-0.1, -0.05) is 11.6 Å². The average Bonchev–Trinajstić information content (AvgIpc) is 3.04. The molecule has 3 heterocycles. The Morgan fingerprint density at radius 1 is 1.00 bits per heavy atom. The van der Waals surface area contributed by atoms with Gasteiger partial charge in [0.05, 0.1) is 15.6 Å². The molecule has 22 heavy (non-hydrogen) atoms. The van der Waals surface area contributed by atoms with E-state index in [4.69, 9.17) is 0 Å². The molecule has 0 unspecified atom stereocenters. The van der Waals surface area contributed by atoms with Crippen molar-refractivity contribution in [3.05, 3.63) is 52.5 Å². The monoisotopic (exact) mass is 324 g/mol. The van der Waals surface area contributed by atoms with Crippen LogP contribution < -0.4 is 4.57 Å². The second-order valence-electron chi connectivity index (χ2n) is 5.98. The predicted octanol–water partition coefficient (Wildman–Crippen LogP) is 5.53. The molecular weight excluding hydrogens is 306 g/mol. The highest BCUT2D eigenvalue weighted by Gasteiger charge is 2.22. The van der Waals surface area contributed by atoms with E-state index in [-0.39, 0.29) is 0 Å². The van der Waals surface area contributed by atoms with Gasteiger partial charge in [-0.3, -0.25) is 0 Å². The standard InChI is InChI=1S/C19H18NS2/c1-11-9-12(2)13(3)14(10-11)18-17-15(5-7-20(18)4)22-16-6-8-21-19(16)17/h5-10H,1-4H3/q+1. The molecule has 4 rings (SSSR count). The molecule has 0 aliphatic heterocycles. The molecule has 0 fully saturated rings. The van der Waals surface area contributed by atoms with E-state index in [0.29, 0.717) is 0 Å². The number of nitrogens with zero attached hydrogens (tertiary/aromatic N) is 1. The number of hydrogen-bond donors (Lipinski definition) is 0. The van der Waals surface area contributed by atoms with Gasteiger partial charge in [0, 0.05) is 15.5 Å². The summed E-state index contributed by atoms with van der Waals surface area (Å²) in [6, 6.07) is 9.08. The summed E-state index contributed by atoms with van der Waals surface area (Å²) >= 11 is 3.75. The van der Waals surface area contributed by atoms with E-state index >= 15 is 0 Å². The van der Waals surface area contributed by atoms with E-state index in [1.54, 1.807) is 0 Å². The number of rotatable bonds is 1. The molecule has 0 radical (unpaired) electrons. The summed E-state index contributed by atoms with van der Waals surface area (Å²) < 4.78 is 6.47. The Labute approximate surface area is 138 Å². The number of fused-ring (bicyclic) bond motifs is 3. The number of pyridine rings is 1. The van der Waals surface area contributed by atoms with E-state index in [2.05, 4.69) is 68.2 Å². The second-order valence-corrected chi connectivity index (χ2v) is 7.98. The van der Waals surface area contributed by atoms with Gasteiger partial charge in [0.2, 0.25) is 5.69 Å². The lowest BCUT2D eigenvalue weighted by Crippen LogP contribution is -2.30. The highest BCUT2D eigenvalue weighted by Crippen LogP contribution is 2.41.